The van der Waals surface area contributed by atoms with Crippen molar-refractivity contribution in [3.8, 4) is 5.75 Å². The first kappa shape index (κ1) is 16.1. The number of carbonyl (C=O) groups excluding carboxylic acids is 1. The minimum absolute atomic E-state index is 0.180. The molecule has 6 heteroatoms. The third-order valence-electron chi connectivity index (χ3n) is 3.77. The zero-order valence-corrected chi connectivity index (χ0v) is 13.9. The molecular weight excluding hydrogens is 336 g/mol. The molecule has 1 aliphatic carbocycles. The lowest BCUT2D eigenvalue weighted by Crippen LogP contribution is -2.46. The fourth-order valence-electron chi connectivity index (χ4n) is 2.63. The van der Waals surface area contributed by atoms with Gasteiger partial charge in [0.15, 0.2) is 0 Å². The largest absolute Gasteiger partial charge is 0.495 e. The molecule has 0 aromatic heterocycles. The summed E-state index contributed by atoms with van der Waals surface area (Å²) in [7, 11) is 1.56. The van der Waals surface area contributed by atoms with E-state index in [1.54, 1.807) is 13.2 Å². The highest BCUT2D eigenvalue weighted by molar-refractivity contribution is 9.10. The zero-order valence-electron chi connectivity index (χ0n) is 12.3. The van der Waals surface area contributed by atoms with Gasteiger partial charge in [-0.25, -0.2) is 4.79 Å². The lowest BCUT2D eigenvalue weighted by Gasteiger charge is -2.28. The normalized spacial score (nSPS) is 21.7. The maximum absolute atomic E-state index is 12.1. The summed E-state index contributed by atoms with van der Waals surface area (Å²) in [5.74, 6) is 0.598. The van der Waals surface area contributed by atoms with Crippen molar-refractivity contribution in [2.75, 3.05) is 12.4 Å². The molecule has 1 aromatic rings. The van der Waals surface area contributed by atoms with E-state index in [1.807, 2.05) is 13.0 Å². The number of aliphatic hydroxyl groups is 1. The summed E-state index contributed by atoms with van der Waals surface area (Å²) < 4.78 is 6.19. The summed E-state index contributed by atoms with van der Waals surface area (Å²) in [5, 5.41) is 15.6. The fraction of sp³-hybridized carbons (Fsp3) is 0.533. The van der Waals surface area contributed by atoms with Crippen molar-refractivity contribution in [3.63, 3.8) is 0 Å². The Bertz CT molecular complexity index is 522. The SMILES string of the molecule is COc1cc(Br)cc(C)c1NC(=O)NC1CCCCC1O. The van der Waals surface area contributed by atoms with E-state index >= 15 is 0 Å². The van der Waals surface area contributed by atoms with Crippen LogP contribution in [0.1, 0.15) is 31.2 Å². The number of halogens is 1. The fourth-order valence-corrected chi connectivity index (χ4v) is 3.18. The molecule has 0 aliphatic heterocycles. The number of urea groups is 1. The average Bonchev–Trinajstić information content (AvgIpc) is 2.44. The summed E-state index contributed by atoms with van der Waals surface area (Å²) >= 11 is 3.40. The maximum Gasteiger partial charge on any atom is 0.319 e. The first-order valence-electron chi connectivity index (χ1n) is 7.11. The van der Waals surface area contributed by atoms with Gasteiger partial charge in [-0.3, -0.25) is 0 Å². The van der Waals surface area contributed by atoms with Gasteiger partial charge in [-0.1, -0.05) is 28.8 Å². The number of anilines is 1. The van der Waals surface area contributed by atoms with Crippen LogP contribution in [0.3, 0.4) is 0 Å². The first-order valence-corrected chi connectivity index (χ1v) is 7.90. The van der Waals surface area contributed by atoms with E-state index in [9.17, 15) is 9.90 Å². The number of carbonyl (C=O) groups is 1. The number of hydrogen-bond donors (Lipinski definition) is 3. The molecule has 2 amide bonds. The van der Waals surface area contributed by atoms with Crippen molar-refractivity contribution < 1.29 is 14.6 Å². The van der Waals surface area contributed by atoms with Crippen LogP contribution < -0.4 is 15.4 Å². The number of rotatable bonds is 3. The summed E-state index contributed by atoms with van der Waals surface area (Å²) in [6.07, 6.45) is 3.14. The highest BCUT2D eigenvalue weighted by atomic mass is 79.9. The van der Waals surface area contributed by atoms with Crippen LogP contribution in [0.15, 0.2) is 16.6 Å². The van der Waals surface area contributed by atoms with Gasteiger partial charge in [-0.2, -0.15) is 0 Å². The highest BCUT2D eigenvalue weighted by Crippen LogP contribution is 2.32. The molecule has 0 bridgehead atoms. The van der Waals surface area contributed by atoms with E-state index in [2.05, 4.69) is 26.6 Å². The number of aryl methyl sites for hydroxylation is 1. The van der Waals surface area contributed by atoms with E-state index in [0.717, 1.165) is 35.7 Å². The van der Waals surface area contributed by atoms with Crippen molar-refractivity contribution >= 4 is 27.6 Å². The van der Waals surface area contributed by atoms with Crippen molar-refractivity contribution in [2.45, 2.75) is 44.8 Å². The number of methoxy groups -OCH3 is 1. The first-order chi connectivity index (χ1) is 10.0. The Labute approximate surface area is 133 Å². The standard InChI is InChI=1S/C15H21BrN2O3/c1-9-7-10(16)8-13(21-2)14(9)18-15(20)17-11-5-3-4-6-12(11)19/h7-8,11-12,19H,3-6H2,1-2H3,(H2,17,18,20). The Morgan fingerprint density at radius 2 is 2.10 bits per heavy atom. The van der Waals surface area contributed by atoms with Crippen LogP contribution in [0, 0.1) is 6.92 Å². The second-order valence-electron chi connectivity index (χ2n) is 5.36. The Kier molecular flexibility index (Phi) is 5.47. The van der Waals surface area contributed by atoms with Crippen LogP contribution in [0.2, 0.25) is 0 Å². The Hall–Kier alpha value is -1.27. The third-order valence-corrected chi connectivity index (χ3v) is 4.23. The van der Waals surface area contributed by atoms with Crippen LogP contribution in [0.4, 0.5) is 10.5 Å². The monoisotopic (exact) mass is 356 g/mol. The molecule has 5 nitrogen and oxygen atoms in total. The van der Waals surface area contributed by atoms with E-state index in [-0.39, 0.29) is 12.1 Å². The molecule has 21 heavy (non-hydrogen) atoms. The van der Waals surface area contributed by atoms with Crippen LogP contribution in [-0.2, 0) is 0 Å². The number of aliphatic hydroxyl groups excluding tert-OH is 1. The van der Waals surface area contributed by atoms with Crippen molar-refractivity contribution in [1.82, 2.24) is 5.32 Å². The second-order valence-corrected chi connectivity index (χ2v) is 6.27. The molecule has 0 spiro atoms. The van der Waals surface area contributed by atoms with Crippen molar-refractivity contribution in [2.24, 2.45) is 0 Å². The Balaban J connectivity index is 2.05. The molecule has 2 atom stereocenters. The molecule has 1 fully saturated rings. The van der Waals surface area contributed by atoms with E-state index in [4.69, 9.17) is 4.74 Å². The molecule has 1 aliphatic rings. The topological polar surface area (TPSA) is 70.6 Å². The number of benzene rings is 1. The lowest BCUT2D eigenvalue weighted by atomic mass is 9.93. The van der Waals surface area contributed by atoms with E-state index in [0.29, 0.717) is 11.4 Å². The van der Waals surface area contributed by atoms with Crippen LogP contribution in [0.5, 0.6) is 5.75 Å². The van der Waals surface area contributed by atoms with Gasteiger partial charge in [0, 0.05) is 4.47 Å². The van der Waals surface area contributed by atoms with Crippen LogP contribution >= 0.6 is 15.9 Å². The van der Waals surface area contributed by atoms with Gasteiger partial charge < -0.3 is 20.5 Å². The smallest absolute Gasteiger partial charge is 0.319 e. The van der Waals surface area contributed by atoms with Gasteiger partial charge in [-0.15, -0.1) is 0 Å². The zero-order chi connectivity index (χ0) is 15.4. The molecule has 1 saturated carbocycles. The minimum Gasteiger partial charge on any atom is -0.495 e. The minimum atomic E-state index is -0.461. The molecule has 0 radical (unpaired) electrons. The molecule has 1 aromatic carbocycles. The van der Waals surface area contributed by atoms with Crippen LogP contribution in [-0.4, -0.2) is 30.4 Å². The van der Waals surface area contributed by atoms with Gasteiger partial charge >= 0.3 is 6.03 Å². The molecule has 0 saturated heterocycles. The summed E-state index contributed by atoms with van der Waals surface area (Å²) in [6, 6.07) is 3.22. The number of nitrogens with one attached hydrogen (secondary N) is 2. The molecule has 116 valence electrons. The molecule has 2 unspecified atom stereocenters. The van der Waals surface area contributed by atoms with Gasteiger partial charge in [0.25, 0.3) is 0 Å². The molecule has 3 N–H and O–H groups in total. The number of amides is 2. The van der Waals surface area contributed by atoms with Gasteiger partial charge in [0.2, 0.25) is 0 Å². The quantitative estimate of drug-likeness (QED) is 0.778. The number of hydrogen-bond acceptors (Lipinski definition) is 3. The highest BCUT2D eigenvalue weighted by Gasteiger charge is 2.24. The summed E-state index contributed by atoms with van der Waals surface area (Å²) in [6.45, 7) is 1.90. The second kappa shape index (κ2) is 7.13. The average molecular weight is 357 g/mol. The summed E-state index contributed by atoms with van der Waals surface area (Å²) in [5.41, 5.74) is 1.55. The predicted octanol–water partition coefficient (Wildman–Crippen LogP) is 3.19. The van der Waals surface area contributed by atoms with E-state index in [1.165, 1.54) is 0 Å². The maximum atomic E-state index is 12.1. The predicted molar refractivity (Wildman–Crippen MR) is 85.8 cm³/mol. The van der Waals surface area contributed by atoms with Gasteiger partial charge in [-0.05, 0) is 37.5 Å². The Morgan fingerprint density at radius 3 is 2.76 bits per heavy atom. The molecule has 0 heterocycles. The van der Waals surface area contributed by atoms with Crippen LogP contribution in [0.25, 0.3) is 0 Å². The molecule has 2 rings (SSSR count). The molecular formula is C15H21BrN2O3. The summed E-state index contributed by atoms with van der Waals surface area (Å²) in [4.78, 5) is 12.1. The van der Waals surface area contributed by atoms with Crippen molar-refractivity contribution in [3.05, 3.63) is 22.2 Å². The van der Waals surface area contributed by atoms with Gasteiger partial charge in [0.1, 0.15) is 5.75 Å². The Morgan fingerprint density at radius 1 is 1.38 bits per heavy atom. The van der Waals surface area contributed by atoms with Gasteiger partial charge in [0.05, 0.1) is 24.9 Å². The number of ether oxygens (including phenoxy) is 1. The lowest BCUT2D eigenvalue weighted by molar-refractivity contribution is 0.0955. The van der Waals surface area contributed by atoms with E-state index < -0.39 is 6.10 Å². The van der Waals surface area contributed by atoms with Crippen molar-refractivity contribution in [1.29, 1.82) is 0 Å². The third kappa shape index (κ3) is 4.11.